The van der Waals surface area contributed by atoms with Crippen molar-refractivity contribution in [1.82, 2.24) is 9.97 Å². The summed E-state index contributed by atoms with van der Waals surface area (Å²) in [6.45, 7) is 1.95. The smallest absolute Gasteiger partial charge is 0.356 e. The maximum Gasteiger partial charge on any atom is 0.356 e. The highest BCUT2D eigenvalue weighted by Crippen LogP contribution is 2.11. The van der Waals surface area contributed by atoms with Crippen molar-refractivity contribution >= 4 is 33.6 Å². The van der Waals surface area contributed by atoms with Crippen LogP contribution in [0, 0.1) is 0 Å². The molecule has 2 heterocycles. The van der Waals surface area contributed by atoms with Crippen molar-refractivity contribution in [3.05, 3.63) is 52.4 Å². The number of aromatic nitrogens is 2. The second-order valence-corrected chi connectivity index (χ2v) is 4.86. The third-order valence-electron chi connectivity index (χ3n) is 2.44. The SMILES string of the molecule is CCOC(=O)c1cccc(C(=O)Nc2ccc(Br)cn2)n1. The van der Waals surface area contributed by atoms with Crippen molar-refractivity contribution in [3.63, 3.8) is 0 Å². The second kappa shape index (κ2) is 6.94. The summed E-state index contributed by atoms with van der Waals surface area (Å²) in [5.74, 6) is -0.614. The molecule has 1 amide bonds. The van der Waals surface area contributed by atoms with Gasteiger partial charge in [0, 0.05) is 10.7 Å². The number of ether oxygens (including phenoxy) is 1. The Kier molecular flexibility index (Phi) is 4.99. The maximum absolute atomic E-state index is 12.1. The van der Waals surface area contributed by atoms with Crippen molar-refractivity contribution < 1.29 is 14.3 Å². The van der Waals surface area contributed by atoms with Crippen LogP contribution in [0.15, 0.2) is 41.0 Å². The van der Waals surface area contributed by atoms with Gasteiger partial charge in [0.2, 0.25) is 0 Å². The number of amides is 1. The Morgan fingerprint density at radius 2 is 2.00 bits per heavy atom. The molecule has 0 fully saturated rings. The fourth-order valence-electron chi connectivity index (χ4n) is 1.51. The van der Waals surface area contributed by atoms with E-state index in [1.165, 1.54) is 12.1 Å². The number of rotatable bonds is 4. The summed E-state index contributed by atoms with van der Waals surface area (Å²) in [7, 11) is 0. The van der Waals surface area contributed by atoms with Gasteiger partial charge in [-0.25, -0.2) is 14.8 Å². The molecule has 0 aliphatic heterocycles. The van der Waals surface area contributed by atoms with Crippen LogP contribution in [0.2, 0.25) is 0 Å². The average molecular weight is 350 g/mol. The number of carbonyl (C=O) groups is 2. The van der Waals surface area contributed by atoms with Gasteiger partial charge in [-0.2, -0.15) is 0 Å². The van der Waals surface area contributed by atoms with E-state index >= 15 is 0 Å². The molecule has 2 rings (SSSR count). The quantitative estimate of drug-likeness (QED) is 0.858. The minimum Gasteiger partial charge on any atom is -0.461 e. The largest absolute Gasteiger partial charge is 0.461 e. The van der Waals surface area contributed by atoms with E-state index in [4.69, 9.17) is 4.74 Å². The summed E-state index contributed by atoms with van der Waals surface area (Å²) < 4.78 is 5.65. The summed E-state index contributed by atoms with van der Waals surface area (Å²) in [5, 5.41) is 2.60. The fourth-order valence-corrected chi connectivity index (χ4v) is 1.74. The third-order valence-corrected chi connectivity index (χ3v) is 2.90. The molecule has 0 aliphatic rings. The molecule has 0 bridgehead atoms. The van der Waals surface area contributed by atoms with Crippen LogP contribution < -0.4 is 5.32 Å². The van der Waals surface area contributed by atoms with Gasteiger partial charge in [-0.05, 0) is 47.1 Å². The second-order valence-electron chi connectivity index (χ2n) is 3.94. The lowest BCUT2D eigenvalue weighted by Gasteiger charge is -2.05. The molecule has 2 aromatic heterocycles. The van der Waals surface area contributed by atoms with E-state index in [0.29, 0.717) is 5.82 Å². The molecular formula is C14H12BrN3O3. The summed E-state index contributed by atoms with van der Waals surface area (Å²) in [4.78, 5) is 31.6. The molecule has 2 aromatic rings. The van der Waals surface area contributed by atoms with Crippen LogP contribution in [0.3, 0.4) is 0 Å². The van der Waals surface area contributed by atoms with E-state index in [0.717, 1.165) is 4.47 Å². The number of halogens is 1. The lowest BCUT2D eigenvalue weighted by Crippen LogP contribution is -2.17. The molecular weight excluding hydrogens is 338 g/mol. The Hall–Kier alpha value is -2.28. The number of esters is 1. The van der Waals surface area contributed by atoms with Crippen LogP contribution in [0.5, 0.6) is 0 Å². The molecule has 0 unspecified atom stereocenters. The highest BCUT2D eigenvalue weighted by atomic mass is 79.9. The molecule has 7 heteroatoms. The summed E-state index contributed by atoms with van der Waals surface area (Å²) in [5.41, 5.74) is 0.207. The zero-order chi connectivity index (χ0) is 15.2. The first kappa shape index (κ1) is 15.1. The van der Waals surface area contributed by atoms with Crippen molar-refractivity contribution in [3.8, 4) is 0 Å². The van der Waals surface area contributed by atoms with E-state index in [1.54, 1.807) is 31.3 Å². The predicted molar refractivity (Wildman–Crippen MR) is 80.1 cm³/mol. The van der Waals surface area contributed by atoms with Gasteiger partial charge in [-0.3, -0.25) is 4.79 Å². The van der Waals surface area contributed by atoms with Crippen LogP contribution in [0.25, 0.3) is 0 Å². The average Bonchev–Trinajstić information content (AvgIpc) is 2.50. The predicted octanol–water partition coefficient (Wildman–Crippen LogP) is 2.67. The molecule has 0 atom stereocenters. The van der Waals surface area contributed by atoms with E-state index in [-0.39, 0.29) is 18.0 Å². The first-order chi connectivity index (χ1) is 10.1. The van der Waals surface area contributed by atoms with Crippen LogP contribution in [-0.4, -0.2) is 28.5 Å². The van der Waals surface area contributed by atoms with Gasteiger partial charge in [0.25, 0.3) is 5.91 Å². The Balaban J connectivity index is 2.14. The summed E-state index contributed by atoms with van der Waals surface area (Å²) >= 11 is 3.26. The maximum atomic E-state index is 12.1. The molecule has 1 N–H and O–H groups in total. The Bertz CT molecular complexity index is 659. The fraction of sp³-hybridized carbons (Fsp3) is 0.143. The molecule has 0 aromatic carbocycles. The number of pyridine rings is 2. The number of hydrogen-bond acceptors (Lipinski definition) is 5. The highest BCUT2D eigenvalue weighted by Gasteiger charge is 2.13. The molecule has 6 nitrogen and oxygen atoms in total. The van der Waals surface area contributed by atoms with E-state index in [1.807, 2.05) is 0 Å². The molecule has 0 aliphatic carbocycles. The van der Waals surface area contributed by atoms with Crippen molar-refractivity contribution in [1.29, 1.82) is 0 Å². The van der Waals surface area contributed by atoms with Crippen molar-refractivity contribution in [2.45, 2.75) is 6.92 Å². The molecule has 0 saturated carbocycles. The minimum absolute atomic E-state index is 0.0910. The molecule has 0 radical (unpaired) electrons. The normalized spacial score (nSPS) is 10.0. The van der Waals surface area contributed by atoms with E-state index in [2.05, 4.69) is 31.2 Å². The third kappa shape index (κ3) is 4.09. The zero-order valence-corrected chi connectivity index (χ0v) is 12.8. The lowest BCUT2D eigenvalue weighted by molar-refractivity contribution is 0.0519. The van der Waals surface area contributed by atoms with Crippen molar-refractivity contribution in [2.24, 2.45) is 0 Å². The van der Waals surface area contributed by atoms with Gasteiger partial charge in [-0.1, -0.05) is 6.07 Å². The van der Waals surface area contributed by atoms with Gasteiger partial charge >= 0.3 is 5.97 Å². The number of nitrogens with one attached hydrogen (secondary N) is 1. The molecule has 0 saturated heterocycles. The Morgan fingerprint density at radius 1 is 1.24 bits per heavy atom. The molecule has 108 valence electrons. The standard InChI is InChI=1S/C14H12BrN3O3/c1-2-21-14(20)11-5-3-4-10(17-11)13(19)18-12-7-6-9(15)8-16-12/h3-8H,2H2,1H3,(H,16,18,19). The lowest BCUT2D eigenvalue weighted by atomic mass is 10.3. The molecule has 0 spiro atoms. The highest BCUT2D eigenvalue weighted by molar-refractivity contribution is 9.10. The van der Waals surface area contributed by atoms with Crippen LogP contribution in [-0.2, 0) is 4.74 Å². The zero-order valence-electron chi connectivity index (χ0n) is 11.2. The Morgan fingerprint density at radius 3 is 2.67 bits per heavy atom. The van der Waals surface area contributed by atoms with Crippen LogP contribution >= 0.6 is 15.9 Å². The minimum atomic E-state index is -0.561. The first-order valence-electron chi connectivity index (χ1n) is 6.17. The monoisotopic (exact) mass is 349 g/mol. The number of anilines is 1. The van der Waals surface area contributed by atoms with Gasteiger partial charge < -0.3 is 10.1 Å². The summed E-state index contributed by atoms with van der Waals surface area (Å²) in [6, 6.07) is 7.98. The van der Waals surface area contributed by atoms with E-state index < -0.39 is 11.9 Å². The van der Waals surface area contributed by atoms with Crippen molar-refractivity contribution in [2.75, 3.05) is 11.9 Å². The van der Waals surface area contributed by atoms with Gasteiger partial charge in [-0.15, -0.1) is 0 Å². The first-order valence-corrected chi connectivity index (χ1v) is 6.96. The number of nitrogens with zero attached hydrogens (tertiary/aromatic N) is 2. The van der Waals surface area contributed by atoms with E-state index in [9.17, 15) is 9.59 Å². The topological polar surface area (TPSA) is 81.2 Å². The Labute approximate surface area is 129 Å². The van der Waals surface area contributed by atoms with Gasteiger partial charge in [0.1, 0.15) is 17.2 Å². The van der Waals surface area contributed by atoms with Gasteiger partial charge in [0.15, 0.2) is 0 Å². The summed E-state index contributed by atoms with van der Waals surface area (Å²) in [6.07, 6.45) is 1.57. The van der Waals surface area contributed by atoms with Gasteiger partial charge in [0.05, 0.1) is 6.61 Å². The van der Waals surface area contributed by atoms with Crippen LogP contribution in [0.1, 0.15) is 27.9 Å². The molecule has 21 heavy (non-hydrogen) atoms. The number of hydrogen-bond donors (Lipinski definition) is 1. The number of carbonyl (C=O) groups excluding carboxylic acids is 2. The van der Waals surface area contributed by atoms with Crippen LogP contribution in [0.4, 0.5) is 5.82 Å².